The molecule has 2 nitrogen and oxygen atoms in total. The highest BCUT2D eigenvalue weighted by Gasteiger charge is 2.50. The van der Waals surface area contributed by atoms with Gasteiger partial charge in [0.2, 0.25) is 0 Å². The van der Waals surface area contributed by atoms with Crippen molar-refractivity contribution in [2.75, 3.05) is 0 Å². The summed E-state index contributed by atoms with van der Waals surface area (Å²) in [5.74, 6) is 0. The molecule has 0 spiro atoms. The van der Waals surface area contributed by atoms with Gasteiger partial charge in [0.15, 0.2) is 0 Å². The fraction of sp³-hybridized carbons (Fsp3) is 0.571. The first kappa shape index (κ1) is 9.09. The number of hydrogen-bond acceptors (Lipinski definition) is 2. The lowest BCUT2D eigenvalue weighted by Crippen LogP contribution is -2.36. The number of alkyl halides is 3. The van der Waals surface area contributed by atoms with E-state index in [0.717, 1.165) is 20.1 Å². The average Bonchev–Trinajstić information content (AvgIpc) is 2.34. The molecule has 1 aromatic rings. The Morgan fingerprint density at radius 3 is 2.25 bits per heavy atom. The Labute approximate surface area is 67.4 Å². The van der Waals surface area contributed by atoms with Crippen molar-refractivity contribution < 1.29 is 17.7 Å². The van der Waals surface area contributed by atoms with Gasteiger partial charge in [-0.3, -0.25) is 0 Å². The number of aromatic nitrogens is 1. The molecule has 0 radical (unpaired) electrons. The zero-order valence-corrected chi connectivity index (χ0v) is 6.64. The minimum absolute atomic E-state index is 0.102. The lowest BCUT2D eigenvalue weighted by molar-refractivity contribution is -0.181. The molecule has 0 unspecified atom stereocenters. The van der Waals surface area contributed by atoms with Crippen LogP contribution < -0.4 is 0 Å². The molecule has 12 heavy (non-hydrogen) atoms. The second kappa shape index (κ2) is 2.50. The summed E-state index contributed by atoms with van der Waals surface area (Å²) in [6.07, 6.45) is -3.17. The Hall–Kier alpha value is -1.00. The van der Waals surface area contributed by atoms with E-state index in [9.17, 15) is 13.2 Å². The standard InChI is InChI=1S/C7H8F3NO/c1-6(2,7(8,9)10)5-3-4-12-11-5/h3-4H,1-2H3. The first-order valence-corrected chi connectivity index (χ1v) is 3.33. The van der Waals surface area contributed by atoms with Crippen LogP contribution >= 0.6 is 0 Å². The molecule has 1 rings (SSSR count). The maximum Gasteiger partial charge on any atom is 0.399 e. The molecule has 0 aliphatic carbocycles. The minimum atomic E-state index is -4.30. The van der Waals surface area contributed by atoms with Crippen LogP contribution in [0.25, 0.3) is 0 Å². The fourth-order valence-electron chi connectivity index (χ4n) is 0.680. The van der Waals surface area contributed by atoms with Crippen LogP contribution in [0.15, 0.2) is 16.9 Å². The average molecular weight is 179 g/mol. The van der Waals surface area contributed by atoms with Gasteiger partial charge in [0, 0.05) is 6.07 Å². The van der Waals surface area contributed by atoms with Crippen LogP contribution in [0.3, 0.4) is 0 Å². The summed E-state index contributed by atoms with van der Waals surface area (Å²) in [6.45, 7) is 2.12. The molecule has 0 aliphatic heterocycles. The summed E-state index contributed by atoms with van der Waals surface area (Å²) in [5, 5.41) is 3.26. The maximum atomic E-state index is 12.3. The normalized spacial score (nSPS) is 13.4. The van der Waals surface area contributed by atoms with Crippen molar-refractivity contribution >= 4 is 0 Å². The molecule has 68 valence electrons. The predicted molar refractivity (Wildman–Crippen MR) is 35.6 cm³/mol. The van der Waals surface area contributed by atoms with Crippen LogP contribution in [-0.2, 0) is 5.41 Å². The van der Waals surface area contributed by atoms with Gasteiger partial charge in [-0.15, -0.1) is 0 Å². The van der Waals surface area contributed by atoms with E-state index in [1.165, 1.54) is 6.07 Å². The van der Waals surface area contributed by atoms with E-state index in [4.69, 9.17) is 0 Å². The van der Waals surface area contributed by atoms with E-state index in [-0.39, 0.29) is 5.69 Å². The fourth-order valence-corrected chi connectivity index (χ4v) is 0.680. The third-order valence-corrected chi connectivity index (χ3v) is 1.79. The molecule has 0 aliphatic rings. The molecule has 0 fully saturated rings. The van der Waals surface area contributed by atoms with Gasteiger partial charge in [0.25, 0.3) is 0 Å². The summed E-state index contributed by atoms with van der Waals surface area (Å²) >= 11 is 0. The van der Waals surface area contributed by atoms with Gasteiger partial charge in [-0.1, -0.05) is 5.16 Å². The summed E-state index contributed by atoms with van der Waals surface area (Å²) in [4.78, 5) is 0. The molecule has 0 amide bonds. The molecular weight excluding hydrogens is 171 g/mol. The molecule has 1 aromatic heterocycles. The first-order valence-electron chi connectivity index (χ1n) is 3.33. The summed E-state index contributed by atoms with van der Waals surface area (Å²) in [6, 6.07) is 1.22. The molecule has 0 atom stereocenters. The Morgan fingerprint density at radius 2 is 1.92 bits per heavy atom. The Morgan fingerprint density at radius 1 is 1.33 bits per heavy atom. The van der Waals surface area contributed by atoms with Crippen LogP contribution in [-0.4, -0.2) is 11.3 Å². The molecule has 1 heterocycles. The monoisotopic (exact) mass is 179 g/mol. The summed E-state index contributed by atoms with van der Waals surface area (Å²) < 4.78 is 41.3. The molecule has 0 aromatic carbocycles. The third kappa shape index (κ3) is 1.31. The van der Waals surface area contributed by atoms with Gasteiger partial charge < -0.3 is 4.52 Å². The number of nitrogens with zero attached hydrogens (tertiary/aromatic N) is 1. The second-order valence-corrected chi connectivity index (χ2v) is 3.01. The van der Waals surface area contributed by atoms with Crippen molar-refractivity contribution in [3.05, 3.63) is 18.0 Å². The zero-order chi connectivity index (χ0) is 9.41. The quantitative estimate of drug-likeness (QED) is 0.662. The van der Waals surface area contributed by atoms with E-state index in [0.29, 0.717) is 0 Å². The minimum Gasteiger partial charge on any atom is -0.364 e. The summed E-state index contributed by atoms with van der Waals surface area (Å²) in [7, 11) is 0. The maximum absolute atomic E-state index is 12.3. The van der Waals surface area contributed by atoms with Crippen LogP contribution in [0.2, 0.25) is 0 Å². The zero-order valence-electron chi connectivity index (χ0n) is 6.64. The van der Waals surface area contributed by atoms with Crippen molar-refractivity contribution in [2.45, 2.75) is 25.4 Å². The smallest absolute Gasteiger partial charge is 0.364 e. The van der Waals surface area contributed by atoms with Crippen LogP contribution in [0.5, 0.6) is 0 Å². The first-order chi connectivity index (χ1) is 5.36. The largest absolute Gasteiger partial charge is 0.399 e. The summed E-state index contributed by atoms with van der Waals surface area (Å²) in [5.41, 5.74) is -2.05. The molecular formula is C7H8F3NO. The SMILES string of the molecule is CC(C)(c1ccon1)C(F)(F)F. The second-order valence-electron chi connectivity index (χ2n) is 3.01. The van der Waals surface area contributed by atoms with Gasteiger partial charge in [-0.2, -0.15) is 13.2 Å². The lowest BCUT2D eigenvalue weighted by Gasteiger charge is -2.24. The third-order valence-electron chi connectivity index (χ3n) is 1.79. The van der Waals surface area contributed by atoms with E-state index in [1.54, 1.807) is 0 Å². The van der Waals surface area contributed by atoms with E-state index >= 15 is 0 Å². The lowest BCUT2D eigenvalue weighted by atomic mass is 9.89. The highest BCUT2D eigenvalue weighted by molar-refractivity contribution is 5.13. The molecule has 0 saturated heterocycles. The van der Waals surface area contributed by atoms with Crippen molar-refractivity contribution in [1.29, 1.82) is 0 Å². The van der Waals surface area contributed by atoms with Gasteiger partial charge in [0.05, 0.1) is 5.69 Å². The van der Waals surface area contributed by atoms with Gasteiger partial charge in [-0.25, -0.2) is 0 Å². The highest BCUT2D eigenvalue weighted by atomic mass is 19.4. The van der Waals surface area contributed by atoms with Crippen molar-refractivity contribution in [3.8, 4) is 0 Å². The van der Waals surface area contributed by atoms with E-state index in [2.05, 4.69) is 9.68 Å². The number of hydrogen-bond donors (Lipinski definition) is 0. The van der Waals surface area contributed by atoms with Crippen LogP contribution in [0.4, 0.5) is 13.2 Å². The van der Waals surface area contributed by atoms with Crippen LogP contribution in [0, 0.1) is 0 Å². The number of rotatable bonds is 1. The Balaban J connectivity index is 3.02. The highest BCUT2D eigenvalue weighted by Crippen LogP contribution is 2.39. The van der Waals surface area contributed by atoms with Crippen molar-refractivity contribution in [2.24, 2.45) is 0 Å². The Bertz CT molecular complexity index is 250. The van der Waals surface area contributed by atoms with Crippen LogP contribution in [0.1, 0.15) is 19.5 Å². The molecule has 0 saturated carbocycles. The number of halogens is 3. The molecule has 5 heteroatoms. The van der Waals surface area contributed by atoms with Crippen molar-refractivity contribution in [1.82, 2.24) is 5.16 Å². The van der Waals surface area contributed by atoms with Crippen molar-refractivity contribution in [3.63, 3.8) is 0 Å². The topological polar surface area (TPSA) is 26.0 Å². The molecule has 0 bridgehead atoms. The van der Waals surface area contributed by atoms with Gasteiger partial charge >= 0.3 is 6.18 Å². The predicted octanol–water partition coefficient (Wildman–Crippen LogP) is 2.51. The molecule has 0 N–H and O–H groups in total. The Kier molecular flexibility index (Phi) is 1.89. The van der Waals surface area contributed by atoms with Gasteiger partial charge in [-0.05, 0) is 13.8 Å². The van der Waals surface area contributed by atoms with E-state index in [1.807, 2.05) is 0 Å². The van der Waals surface area contributed by atoms with E-state index < -0.39 is 11.6 Å². The van der Waals surface area contributed by atoms with Gasteiger partial charge in [0.1, 0.15) is 11.7 Å².